The highest BCUT2D eigenvalue weighted by Gasteiger charge is 2.20. The molecule has 5 nitrogen and oxygen atoms in total. The van der Waals surface area contributed by atoms with Crippen molar-refractivity contribution in [1.29, 1.82) is 0 Å². The Morgan fingerprint density at radius 1 is 1.40 bits per heavy atom. The van der Waals surface area contributed by atoms with Gasteiger partial charge in [-0.25, -0.2) is 4.79 Å². The lowest BCUT2D eigenvalue weighted by Crippen LogP contribution is -2.24. The van der Waals surface area contributed by atoms with Crippen LogP contribution in [0.25, 0.3) is 10.8 Å². The Labute approximate surface area is 116 Å². The van der Waals surface area contributed by atoms with E-state index in [1.165, 1.54) is 13.2 Å². The lowest BCUT2D eigenvalue weighted by molar-refractivity contribution is 0.0599. The minimum Gasteiger partial charge on any atom is -0.507 e. The molecule has 106 valence electrons. The first-order valence-corrected chi connectivity index (χ1v) is 6.45. The van der Waals surface area contributed by atoms with E-state index in [4.69, 9.17) is 0 Å². The molecule has 0 saturated carbocycles. The molecule has 0 amide bonds. The number of hydrogen-bond donors (Lipinski definition) is 1. The summed E-state index contributed by atoms with van der Waals surface area (Å²) in [6.45, 7) is 4.39. The number of pyridine rings is 1. The lowest BCUT2D eigenvalue weighted by Gasteiger charge is -2.13. The van der Waals surface area contributed by atoms with Gasteiger partial charge in [0.1, 0.15) is 11.3 Å². The number of carbonyl (C=O) groups excluding carboxylic acids is 1. The van der Waals surface area contributed by atoms with Crippen LogP contribution in [0.3, 0.4) is 0 Å². The van der Waals surface area contributed by atoms with Crippen LogP contribution in [0, 0.1) is 6.92 Å². The molecule has 0 fully saturated rings. The monoisotopic (exact) mass is 275 g/mol. The number of aryl methyl sites for hydroxylation is 1. The fraction of sp³-hybridized carbons (Fsp3) is 0.333. The molecule has 1 N–H and O–H groups in total. The van der Waals surface area contributed by atoms with Gasteiger partial charge in [0, 0.05) is 12.2 Å². The molecule has 0 bridgehead atoms. The first-order valence-electron chi connectivity index (χ1n) is 6.45. The summed E-state index contributed by atoms with van der Waals surface area (Å²) in [6, 6.07) is 4.86. The van der Waals surface area contributed by atoms with Crippen molar-refractivity contribution in [2.24, 2.45) is 0 Å². The number of methoxy groups -OCH3 is 1. The second-order valence-electron chi connectivity index (χ2n) is 4.66. The maximum atomic E-state index is 12.6. The Morgan fingerprint density at radius 2 is 2.10 bits per heavy atom. The normalized spacial score (nSPS) is 10.8. The predicted molar refractivity (Wildman–Crippen MR) is 76.2 cm³/mol. The molecule has 0 saturated heterocycles. The average Bonchev–Trinajstić information content (AvgIpc) is 2.43. The van der Waals surface area contributed by atoms with Gasteiger partial charge in [0.25, 0.3) is 5.56 Å². The van der Waals surface area contributed by atoms with Crippen molar-refractivity contribution < 1.29 is 14.6 Å². The minimum atomic E-state index is -0.711. The maximum absolute atomic E-state index is 12.6. The lowest BCUT2D eigenvalue weighted by atomic mass is 10.0. The molecular weight excluding hydrogens is 258 g/mol. The number of fused-ring (bicyclic) bond motifs is 1. The van der Waals surface area contributed by atoms with Crippen LogP contribution in [0.5, 0.6) is 5.75 Å². The molecule has 5 heteroatoms. The summed E-state index contributed by atoms with van der Waals surface area (Å²) in [6.07, 6.45) is 0.804. The summed E-state index contributed by atoms with van der Waals surface area (Å²) in [4.78, 5) is 24.4. The fourth-order valence-electron chi connectivity index (χ4n) is 2.37. The highest BCUT2D eigenvalue weighted by molar-refractivity contribution is 6.06. The molecular formula is C15H17NO4. The van der Waals surface area contributed by atoms with Crippen LogP contribution in [-0.4, -0.2) is 22.8 Å². The number of rotatable bonds is 3. The SMILES string of the molecule is CCCn1c(C)cc2ccc(O)c(C(=O)OC)c2c1=O. The molecule has 1 aromatic carbocycles. The first kappa shape index (κ1) is 14.1. The number of carbonyl (C=O) groups is 1. The van der Waals surface area contributed by atoms with Gasteiger partial charge in [-0.1, -0.05) is 13.0 Å². The molecule has 0 aliphatic heterocycles. The molecule has 0 spiro atoms. The number of aromatic hydroxyl groups is 1. The third kappa shape index (κ3) is 2.15. The molecule has 20 heavy (non-hydrogen) atoms. The molecule has 0 aliphatic carbocycles. The highest BCUT2D eigenvalue weighted by Crippen LogP contribution is 2.26. The number of hydrogen-bond acceptors (Lipinski definition) is 4. The number of phenols is 1. The maximum Gasteiger partial charge on any atom is 0.342 e. The zero-order valence-corrected chi connectivity index (χ0v) is 11.8. The summed E-state index contributed by atoms with van der Waals surface area (Å²) in [5, 5.41) is 10.7. The van der Waals surface area contributed by atoms with Crippen LogP contribution in [0.1, 0.15) is 29.4 Å². The molecule has 0 unspecified atom stereocenters. The molecule has 1 heterocycles. The van der Waals surface area contributed by atoms with Gasteiger partial charge in [-0.15, -0.1) is 0 Å². The van der Waals surface area contributed by atoms with Crippen LogP contribution >= 0.6 is 0 Å². The van der Waals surface area contributed by atoms with E-state index in [0.29, 0.717) is 11.9 Å². The summed E-state index contributed by atoms with van der Waals surface area (Å²) >= 11 is 0. The van der Waals surface area contributed by atoms with Crippen molar-refractivity contribution in [3.8, 4) is 5.75 Å². The quantitative estimate of drug-likeness (QED) is 0.872. The van der Waals surface area contributed by atoms with E-state index < -0.39 is 5.97 Å². The molecule has 0 atom stereocenters. The number of esters is 1. The number of nitrogens with zero attached hydrogens (tertiary/aromatic N) is 1. The van der Waals surface area contributed by atoms with Crippen LogP contribution in [0.15, 0.2) is 23.0 Å². The van der Waals surface area contributed by atoms with Crippen LogP contribution in [0.4, 0.5) is 0 Å². The van der Waals surface area contributed by atoms with E-state index in [9.17, 15) is 14.7 Å². The number of benzene rings is 1. The fourth-order valence-corrected chi connectivity index (χ4v) is 2.37. The van der Waals surface area contributed by atoms with E-state index in [2.05, 4.69) is 4.74 Å². The Kier molecular flexibility index (Phi) is 3.79. The van der Waals surface area contributed by atoms with E-state index in [1.54, 1.807) is 10.6 Å². The van der Waals surface area contributed by atoms with Gasteiger partial charge in [0.2, 0.25) is 0 Å². The van der Waals surface area contributed by atoms with Crippen molar-refractivity contribution in [1.82, 2.24) is 4.57 Å². The van der Waals surface area contributed by atoms with Crippen LogP contribution in [-0.2, 0) is 11.3 Å². The Hall–Kier alpha value is -2.30. The highest BCUT2D eigenvalue weighted by atomic mass is 16.5. The standard InChI is InChI=1S/C15H17NO4/c1-4-7-16-9(2)8-10-5-6-11(17)13(15(19)20-3)12(10)14(16)18/h5-6,8,17H,4,7H2,1-3H3. The summed E-state index contributed by atoms with van der Waals surface area (Å²) < 4.78 is 6.27. The summed E-state index contributed by atoms with van der Waals surface area (Å²) in [5.41, 5.74) is 0.476. The zero-order chi connectivity index (χ0) is 14.9. The van der Waals surface area contributed by atoms with Gasteiger partial charge in [-0.05, 0) is 30.9 Å². The van der Waals surface area contributed by atoms with Crippen molar-refractivity contribution in [2.45, 2.75) is 26.8 Å². The van der Waals surface area contributed by atoms with Crippen molar-refractivity contribution in [3.05, 3.63) is 39.8 Å². The topological polar surface area (TPSA) is 68.5 Å². The van der Waals surface area contributed by atoms with Gasteiger partial charge < -0.3 is 14.4 Å². The molecule has 1 aromatic heterocycles. The van der Waals surface area contributed by atoms with Crippen LogP contribution in [0.2, 0.25) is 0 Å². The predicted octanol–water partition coefficient (Wildman–Crippen LogP) is 2.21. The molecule has 2 aromatic rings. The van der Waals surface area contributed by atoms with Crippen molar-refractivity contribution in [2.75, 3.05) is 7.11 Å². The largest absolute Gasteiger partial charge is 0.507 e. The number of ether oxygens (including phenoxy) is 1. The first-order chi connectivity index (χ1) is 9.51. The Bertz CT molecular complexity index is 731. The number of phenolic OH excluding ortho intramolecular Hbond substituents is 1. The Balaban J connectivity index is 2.92. The third-order valence-corrected chi connectivity index (χ3v) is 3.30. The number of aromatic nitrogens is 1. The minimum absolute atomic E-state index is 0.0696. The van der Waals surface area contributed by atoms with Gasteiger partial charge >= 0.3 is 5.97 Å². The van der Waals surface area contributed by atoms with E-state index >= 15 is 0 Å². The summed E-state index contributed by atoms with van der Waals surface area (Å²) in [5.74, 6) is -0.953. The van der Waals surface area contributed by atoms with E-state index in [0.717, 1.165) is 12.1 Å². The van der Waals surface area contributed by atoms with Gasteiger partial charge in [0.15, 0.2) is 0 Å². The molecule has 0 radical (unpaired) electrons. The Morgan fingerprint density at radius 3 is 2.70 bits per heavy atom. The molecule has 2 rings (SSSR count). The van der Waals surface area contributed by atoms with E-state index in [-0.39, 0.29) is 22.3 Å². The third-order valence-electron chi connectivity index (χ3n) is 3.30. The molecule has 0 aliphatic rings. The smallest absolute Gasteiger partial charge is 0.342 e. The van der Waals surface area contributed by atoms with E-state index in [1.807, 2.05) is 19.9 Å². The summed E-state index contributed by atoms with van der Waals surface area (Å²) in [7, 11) is 1.22. The van der Waals surface area contributed by atoms with Crippen molar-refractivity contribution >= 4 is 16.7 Å². The second kappa shape index (κ2) is 5.36. The zero-order valence-electron chi connectivity index (χ0n) is 11.8. The van der Waals surface area contributed by atoms with Crippen LogP contribution < -0.4 is 5.56 Å². The van der Waals surface area contributed by atoms with Crippen molar-refractivity contribution in [3.63, 3.8) is 0 Å². The van der Waals surface area contributed by atoms with Gasteiger partial charge in [-0.3, -0.25) is 4.79 Å². The second-order valence-corrected chi connectivity index (χ2v) is 4.66. The van der Waals surface area contributed by atoms with Gasteiger partial charge in [0.05, 0.1) is 12.5 Å². The van der Waals surface area contributed by atoms with Gasteiger partial charge in [-0.2, -0.15) is 0 Å². The average molecular weight is 275 g/mol.